The molecular formula is C18H24N6O. The number of nitrogens with one attached hydrogen (secondary N) is 1. The van der Waals surface area contributed by atoms with Gasteiger partial charge in [-0.05, 0) is 32.1 Å². The Morgan fingerprint density at radius 1 is 1.20 bits per heavy atom. The first-order chi connectivity index (χ1) is 12.2. The molecule has 1 atom stereocenters. The molecule has 1 unspecified atom stereocenters. The Labute approximate surface area is 147 Å². The lowest BCUT2D eigenvalue weighted by atomic mass is 9.75. The van der Waals surface area contributed by atoms with Crippen LogP contribution in [0, 0.1) is 5.41 Å². The summed E-state index contributed by atoms with van der Waals surface area (Å²) in [4.78, 5) is 31.9. The SMILES string of the molecule is CNC(=O)C1(CCCc2cnccn2)CCCN(c2cnccn2)C1. The van der Waals surface area contributed by atoms with Gasteiger partial charge < -0.3 is 10.2 Å². The van der Waals surface area contributed by atoms with Crippen molar-refractivity contribution in [3.05, 3.63) is 42.9 Å². The Morgan fingerprint density at radius 2 is 2.00 bits per heavy atom. The highest BCUT2D eigenvalue weighted by Gasteiger charge is 2.41. The largest absolute Gasteiger partial charge is 0.359 e. The van der Waals surface area contributed by atoms with Gasteiger partial charge in [-0.15, -0.1) is 0 Å². The molecule has 132 valence electrons. The van der Waals surface area contributed by atoms with Crippen molar-refractivity contribution in [1.29, 1.82) is 0 Å². The van der Waals surface area contributed by atoms with E-state index in [-0.39, 0.29) is 5.91 Å². The Bertz CT molecular complexity index is 680. The van der Waals surface area contributed by atoms with Gasteiger partial charge in [0.25, 0.3) is 0 Å². The highest BCUT2D eigenvalue weighted by molar-refractivity contribution is 5.83. The van der Waals surface area contributed by atoms with Crippen molar-refractivity contribution in [1.82, 2.24) is 25.3 Å². The van der Waals surface area contributed by atoms with Gasteiger partial charge >= 0.3 is 0 Å². The second kappa shape index (κ2) is 8.00. The fourth-order valence-electron chi connectivity index (χ4n) is 3.62. The molecule has 3 heterocycles. The molecule has 0 spiro atoms. The van der Waals surface area contributed by atoms with Gasteiger partial charge in [0.1, 0.15) is 5.82 Å². The van der Waals surface area contributed by atoms with Crippen LogP contribution in [-0.4, -0.2) is 46.0 Å². The van der Waals surface area contributed by atoms with Crippen LogP contribution in [0.15, 0.2) is 37.2 Å². The summed E-state index contributed by atoms with van der Waals surface area (Å²) in [6.07, 6.45) is 14.7. The van der Waals surface area contributed by atoms with E-state index < -0.39 is 5.41 Å². The van der Waals surface area contributed by atoms with Gasteiger partial charge in [0.05, 0.1) is 17.3 Å². The molecule has 2 aromatic heterocycles. The van der Waals surface area contributed by atoms with E-state index in [1.807, 2.05) is 0 Å². The van der Waals surface area contributed by atoms with Gasteiger partial charge in [0.15, 0.2) is 0 Å². The minimum Gasteiger partial charge on any atom is -0.359 e. The molecule has 1 fully saturated rings. The number of hydrogen-bond acceptors (Lipinski definition) is 6. The molecule has 0 aliphatic carbocycles. The van der Waals surface area contributed by atoms with Gasteiger partial charge in [0.2, 0.25) is 5.91 Å². The predicted molar refractivity (Wildman–Crippen MR) is 94.9 cm³/mol. The first-order valence-electron chi connectivity index (χ1n) is 8.71. The Kier molecular flexibility index (Phi) is 5.53. The van der Waals surface area contributed by atoms with E-state index in [4.69, 9.17) is 0 Å². The van der Waals surface area contributed by atoms with Crippen molar-refractivity contribution >= 4 is 11.7 Å². The average Bonchev–Trinajstić information content (AvgIpc) is 2.69. The van der Waals surface area contributed by atoms with Crippen LogP contribution >= 0.6 is 0 Å². The Hall–Kier alpha value is -2.57. The van der Waals surface area contributed by atoms with Gasteiger partial charge in [-0.3, -0.25) is 19.7 Å². The predicted octanol–water partition coefficient (Wildman–Crippen LogP) is 1.62. The summed E-state index contributed by atoms with van der Waals surface area (Å²) in [5.74, 6) is 0.949. The molecule has 25 heavy (non-hydrogen) atoms. The van der Waals surface area contributed by atoms with Gasteiger partial charge in [-0.2, -0.15) is 0 Å². The number of rotatable bonds is 6. The number of aryl methyl sites for hydroxylation is 1. The first-order valence-corrected chi connectivity index (χ1v) is 8.71. The second-order valence-corrected chi connectivity index (χ2v) is 6.50. The molecule has 0 saturated carbocycles. The van der Waals surface area contributed by atoms with E-state index >= 15 is 0 Å². The molecule has 0 bridgehead atoms. The van der Waals surface area contributed by atoms with E-state index in [9.17, 15) is 4.79 Å². The normalized spacial score (nSPS) is 20.3. The molecule has 1 aliphatic rings. The minimum atomic E-state index is -0.396. The van der Waals surface area contributed by atoms with E-state index in [0.29, 0.717) is 6.54 Å². The maximum atomic E-state index is 12.7. The van der Waals surface area contributed by atoms with Crippen molar-refractivity contribution in [2.75, 3.05) is 25.0 Å². The summed E-state index contributed by atoms with van der Waals surface area (Å²) in [5, 5.41) is 2.87. The smallest absolute Gasteiger partial charge is 0.227 e. The summed E-state index contributed by atoms with van der Waals surface area (Å²) >= 11 is 0. The van der Waals surface area contributed by atoms with Gasteiger partial charge in [-0.25, -0.2) is 4.98 Å². The van der Waals surface area contributed by atoms with Crippen molar-refractivity contribution in [3.63, 3.8) is 0 Å². The zero-order valence-electron chi connectivity index (χ0n) is 14.6. The maximum Gasteiger partial charge on any atom is 0.227 e. The standard InChI is InChI=1S/C18H24N6O/c1-19-17(25)18(5-2-4-15-12-20-7-9-22-15)6-3-11-24(14-18)16-13-21-8-10-23-16/h7-10,12-13H,2-6,11,14H2,1H3,(H,19,25). The minimum absolute atomic E-state index is 0.111. The molecule has 7 heteroatoms. The second-order valence-electron chi connectivity index (χ2n) is 6.50. The number of nitrogens with zero attached hydrogens (tertiary/aromatic N) is 5. The highest BCUT2D eigenvalue weighted by Crippen LogP contribution is 2.36. The van der Waals surface area contributed by atoms with E-state index in [1.165, 1.54) is 0 Å². The summed E-state index contributed by atoms with van der Waals surface area (Å²) in [6, 6.07) is 0. The van der Waals surface area contributed by atoms with Crippen LogP contribution in [0.2, 0.25) is 0 Å². The van der Waals surface area contributed by atoms with Crippen LogP contribution in [-0.2, 0) is 11.2 Å². The molecule has 3 rings (SSSR count). The number of carbonyl (C=O) groups is 1. The van der Waals surface area contributed by atoms with Crippen LogP contribution < -0.4 is 10.2 Å². The lowest BCUT2D eigenvalue weighted by Gasteiger charge is -2.42. The summed E-state index contributed by atoms with van der Waals surface area (Å²) in [7, 11) is 1.72. The van der Waals surface area contributed by atoms with Crippen molar-refractivity contribution in [2.24, 2.45) is 5.41 Å². The molecule has 0 radical (unpaired) electrons. The fraction of sp³-hybridized carbons (Fsp3) is 0.500. The highest BCUT2D eigenvalue weighted by atomic mass is 16.2. The van der Waals surface area contributed by atoms with Crippen LogP contribution in [0.1, 0.15) is 31.4 Å². The van der Waals surface area contributed by atoms with E-state index in [0.717, 1.165) is 50.2 Å². The first kappa shape index (κ1) is 17.3. The van der Waals surface area contributed by atoms with Crippen LogP contribution in [0.3, 0.4) is 0 Å². The van der Waals surface area contributed by atoms with E-state index in [2.05, 4.69) is 30.2 Å². The maximum absolute atomic E-state index is 12.7. The van der Waals surface area contributed by atoms with Gasteiger partial charge in [0, 0.05) is 51.1 Å². The third kappa shape index (κ3) is 4.10. The molecule has 1 saturated heterocycles. The molecular weight excluding hydrogens is 316 g/mol. The molecule has 1 amide bonds. The molecule has 2 aromatic rings. The Morgan fingerprint density at radius 3 is 2.68 bits per heavy atom. The van der Waals surface area contributed by atoms with Crippen LogP contribution in [0.5, 0.6) is 0 Å². The van der Waals surface area contributed by atoms with Crippen molar-refractivity contribution in [2.45, 2.75) is 32.1 Å². The summed E-state index contributed by atoms with van der Waals surface area (Å²) in [5.41, 5.74) is 0.573. The van der Waals surface area contributed by atoms with Crippen molar-refractivity contribution < 1.29 is 4.79 Å². The fourth-order valence-corrected chi connectivity index (χ4v) is 3.62. The number of piperidine rings is 1. The van der Waals surface area contributed by atoms with Crippen LogP contribution in [0.4, 0.5) is 5.82 Å². The van der Waals surface area contributed by atoms with E-state index in [1.54, 1.807) is 44.2 Å². The Balaban J connectivity index is 1.70. The zero-order valence-corrected chi connectivity index (χ0v) is 14.6. The number of aromatic nitrogens is 4. The molecule has 0 aromatic carbocycles. The number of anilines is 1. The third-order valence-corrected chi connectivity index (χ3v) is 4.86. The topological polar surface area (TPSA) is 83.9 Å². The quantitative estimate of drug-likeness (QED) is 0.860. The van der Waals surface area contributed by atoms with Crippen LogP contribution in [0.25, 0.3) is 0 Å². The molecule has 7 nitrogen and oxygen atoms in total. The summed E-state index contributed by atoms with van der Waals surface area (Å²) in [6.45, 7) is 1.58. The number of hydrogen-bond donors (Lipinski definition) is 1. The lowest BCUT2D eigenvalue weighted by Crippen LogP contribution is -2.51. The lowest BCUT2D eigenvalue weighted by molar-refractivity contribution is -0.131. The summed E-state index contributed by atoms with van der Waals surface area (Å²) < 4.78 is 0. The molecule has 1 aliphatic heterocycles. The zero-order chi connectivity index (χ0) is 17.5. The molecule has 1 N–H and O–H groups in total. The average molecular weight is 340 g/mol. The van der Waals surface area contributed by atoms with Gasteiger partial charge in [-0.1, -0.05) is 0 Å². The van der Waals surface area contributed by atoms with Crippen molar-refractivity contribution in [3.8, 4) is 0 Å². The third-order valence-electron chi connectivity index (χ3n) is 4.86. The number of amides is 1. The number of carbonyl (C=O) groups excluding carboxylic acids is 1. The monoisotopic (exact) mass is 340 g/mol.